The minimum absolute atomic E-state index is 0.0987. The predicted octanol–water partition coefficient (Wildman–Crippen LogP) is 2.74. The van der Waals surface area contributed by atoms with Gasteiger partial charge in [-0.15, -0.1) is 0 Å². The number of rotatable bonds is 3. The summed E-state index contributed by atoms with van der Waals surface area (Å²) >= 11 is 3.33. The second-order valence-electron chi connectivity index (χ2n) is 4.91. The van der Waals surface area contributed by atoms with E-state index in [1.165, 1.54) is 6.21 Å². The number of aliphatic imine (C=N–C) groups is 1. The van der Waals surface area contributed by atoms with E-state index in [1.54, 1.807) is 48.5 Å². The van der Waals surface area contributed by atoms with Crippen molar-refractivity contribution in [2.75, 3.05) is 0 Å². The molecule has 0 amide bonds. The van der Waals surface area contributed by atoms with Gasteiger partial charge in [-0.25, -0.2) is 9.36 Å². The Hall–Kier alpha value is -2.93. The van der Waals surface area contributed by atoms with E-state index in [0.29, 0.717) is 11.4 Å². The maximum Gasteiger partial charge on any atom is 0.335 e. The molecule has 0 radical (unpaired) electrons. The molecule has 24 heavy (non-hydrogen) atoms. The van der Waals surface area contributed by atoms with Crippen molar-refractivity contribution in [1.29, 1.82) is 0 Å². The van der Waals surface area contributed by atoms with Crippen LogP contribution >= 0.6 is 15.9 Å². The van der Waals surface area contributed by atoms with Crippen molar-refractivity contribution < 1.29 is 5.11 Å². The molecule has 3 rings (SSSR count). The molecular weight excluding hydrogens is 374 g/mol. The van der Waals surface area contributed by atoms with Gasteiger partial charge < -0.3 is 5.11 Å². The van der Waals surface area contributed by atoms with Crippen LogP contribution in [0.1, 0.15) is 5.56 Å². The number of halogens is 1. The van der Waals surface area contributed by atoms with E-state index < -0.39 is 17.1 Å². The molecule has 2 N–H and O–H groups in total. The van der Waals surface area contributed by atoms with Crippen molar-refractivity contribution in [1.82, 2.24) is 9.55 Å². The number of aromatic amines is 1. The van der Waals surface area contributed by atoms with Crippen molar-refractivity contribution in [3.63, 3.8) is 0 Å². The molecular formula is C17H12BrN3O3. The van der Waals surface area contributed by atoms with Crippen LogP contribution in [0.2, 0.25) is 0 Å². The molecule has 0 aliphatic rings. The van der Waals surface area contributed by atoms with E-state index in [1.807, 2.05) is 6.07 Å². The molecule has 0 saturated carbocycles. The van der Waals surface area contributed by atoms with Crippen LogP contribution < -0.4 is 11.2 Å². The van der Waals surface area contributed by atoms with Crippen molar-refractivity contribution in [2.45, 2.75) is 0 Å². The van der Waals surface area contributed by atoms with E-state index in [9.17, 15) is 14.7 Å². The van der Waals surface area contributed by atoms with Gasteiger partial charge in [-0.3, -0.25) is 14.8 Å². The van der Waals surface area contributed by atoms with Gasteiger partial charge in [0.05, 0.1) is 11.4 Å². The Balaban J connectivity index is 2.12. The Bertz CT molecular complexity index is 1020. The average molecular weight is 386 g/mol. The van der Waals surface area contributed by atoms with Gasteiger partial charge in [-0.05, 0) is 30.3 Å². The summed E-state index contributed by atoms with van der Waals surface area (Å²) in [4.78, 5) is 30.4. The summed E-state index contributed by atoms with van der Waals surface area (Å²) in [6, 6.07) is 15.7. The molecule has 0 fully saturated rings. The van der Waals surface area contributed by atoms with Crippen LogP contribution in [0.25, 0.3) is 5.69 Å². The van der Waals surface area contributed by atoms with E-state index >= 15 is 0 Å². The molecule has 0 atom stereocenters. The lowest BCUT2D eigenvalue weighted by molar-refractivity contribution is 0.430. The molecule has 1 aromatic heterocycles. The highest BCUT2D eigenvalue weighted by Crippen LogP contribution is 2.19. The SMILES string of the molecule is O=c1[nH]c(=O)n(-c2ccccc2)c(O)c1C=Nc1cccc(Br)c1. The number of H-pyrrole nitrogens is 1. The summed E-state index contributed by atoms with van der Waals surface area (Å²) in [6.07, 6.45) is 1.23. The molecule has 1 heterocycles. The third-order valence-electron chi connectivity index (χ3n) is 3.29. The number of nitrogens with one attached hydrogen (secondary N) is 1. The Kier molecular flexibility index (Phi) is 4.43. The smallest absolute Gasteiger partial charge is 0.335 e. The van der Waals surface area contributed by atoms with Gasteiger partial charge in [0.2, 0.25) is 5.88 Å². The maximum absolute atomic E-state index is 12.0. The van der Waals surface area contributed by atoms with Gasteiger partial charge in [0, 0.05) is 10.7 Å². The average Bonchev–Trinajstić information content (AvgIpc) is 2.55. The third kappa shape index (κ3) is 3.21. The van der Waals surface area contributed by atoms with E-state index in [2.05, 4.69) is 25.9 Å². The standard InChI is InChI=1S/C17H12BrN3O3/c18-11-5-4-6-12(9-11)19-10-14-15(22)20-17(24)21(16(14)23)13-7-2-1-3-8-13/h1-10,23H,(H,20,22,24). The van der Waals surface area contributed by atoms with Crippen LogP contribution in [0.15, 0.2) is 73.7 Å². The molecule has 0 saturated heterocycles. The second kappa shape index (κ2) is 6.67. The summed E-state index contributed by atoms with van der Waals surface area (Å²) in [6.45, 7) is 0. The van der Waals surface area contributed by atoms with E-state index in [4.69, 9.17) is 0 Å². The number of hydrogen-bond acceptors (Lipinski definition) is 4. The van der Waals surface area contributed by atoms with Gasteiger partial charge in [-0.1, -0.05) is 40.2 Å². The fraction of sp³-hybridized carbons (Fsp3) is 0. The Labute approximate surface area is 144 Å². The first-order valence-corrected chi connectivity index (χ1v) is 7.79. The minimum Gasteiger partial charge on any atom is -0.493 e. The topological polar surface area (TPSA) is 87.5 Å². The molecule has 7 heteroatoms. The lowest BCUT2D eigenvalue weighted by Crippen LogP contribution is -2.31. The lowest BCUT2D eigenvalue weighted by Gasteiger charge is -2.09. The number of benzene rings is 2. The number of aromatic hydroxyl groups is 1. The van der Waals surface area contributed by atoms with Gasteiger partial charge in [0.25, 0.3) is 5.56 Å². The molecule has 0 spiro atoms. The lowest BCUT2D eigenvalue weighted by atomic mass is 10.3. The fourth-order valence-corrected chi connectivity index (χ4v) is 2.55. The highest BCUT2D eigenvalue weighted by molar-refractivity contribution is 9.10. The Morgan fingerprint density at radius 1 is 1.08 bits per heavy atom. The van der Waals surface area contributed by atoms with Gasteiger partial charge in [0.1, 0.15) is 5.56 Å². The van der Waals surface area contributed by atoms with Gasteiger partial charge in [0.15, 0.2) is 0 Å². The summed E-state index contributed by atoms with van der Waals surface area (Å²) < 4.78 is 1.86. The molecule has 120 valence electrons. The zero-order valence-corrected chi connectivity index (χ0v) is 13.9. The Morgan fingerprint density at radius 3 is 2.54 bits per heavy atom. The molecule has 0 bridgehead atoms. The summed E-state index contributed by atoms with van der Waals surface area (Å²) in [5, 5.41) is 10.4. The van der Waals surface area contributed by atoms with Gasteiger partial charge in [-0.2, -0.15) is 0 Å². The summed E-state index contributed by atoms with van der Waals surface area (Å²) in [7, 11) is 0. The van der Waals surface area contributed by atoms with Crippen LogP contribution in [-0.4, -0.2) is 20.9 Å². The van der Waals surface area contributed by atoms with E-state index in [-0.39, 0.29) is 5.56 Å². The zero-order valence-electron chi connectivity index (χ0n) is 12.3. The first-order valence-electron chi connectivity index (χ1n) is 6.99. The maximum atomic E-state index is 12.0. The second-order valence-corrected chi connectivity index (χ2v) is 5.82. The first kappa shape index (κ1) is 15.9. The first-order chi connectivity index (χ1) is 11.6. The Morgan fingerprint density at radius 2 is 1.83 bits per heavy atom. The van der Waals surface area contributed by atoms with Crippen LogP contribution in [0, 0.1) is 0 Å². The quantitative estimate of drug-likeness (QED) is 0.679. The molecule has 6 nitrogen and oxygen atoms in total. The summed E-state index contributed by atoms with van der Waals surface area (Å²) in [5.41, 5.74) is -0.487. The van der Waals surface area contributed by atoms with Crippen LogP contribution in [0.4, 0.5) is 5.69 Å². The highest BCUT2D eigenvalue weighted by atomic mass is 79.9. The van der Waals surface area contributed by atoms with Crippen LogP contribution in [-0.2, 0) is 0 Å². The van der Waals surface area contributed by atoms with Crippen LogP contribution in [0.3, 0.4) is 0 Å². The molecule has 2 aromatic carbocycles. The molecule has 0 aliphatic heterocycles. The summed E-state index contributed by atoms with van der Waals surface area (Å²) in [5.74, 6) is -0.464. The normalized spacial score (nSPS) is 11.0. The van der Waals surface area contributed by atoms with Crippen molar-refractivity contribution in [2.24, 2.45) is 4.99 Å². The third-order valence-corrected chi connectivity index (χ3v) is 3.78. The predicted molar refractivity (Wildman–Crippen MR) is 95.7 cm³/mol. The highest BCUT2D eigenvalue weighted by Gasteiger charge is 2.13. The zero-order chi connectivity index (χ0) is 17.1. The van der Waals surface area contributed by atoms with Gasteiger partial charge >= 0.3 is 5.69 Å². The van der Waals surface area contributed by atoms with Crippen molar-refractivity contribution in [3.8, 4) is 11.6 Å². The molecule has 0 unspecified atom stereocenters. The molecule has 0 aliphatic carbocycles. The number of para-hydroxylation sites is 1. The van der Waals surface area contributed by atoms with Crippen molar-refractivity contribution >= 4 is 27.8 Å². The number of aromatic nitrogens is 2. The van der Waals surface area contributed by atoms with Crippen molar-refractivity contribution in [3.05, 3.63) is 85.5 Å². The molecule has 3 aromatic rings. The number of nitrogens with zero attached hydrogens (tertiary/aromatic N) is 2. The minimum atomic E-state index is -0.719. The fourth-order valence-electron chi connectivity index (χ4n) is 2.17. The number of hydrogen-bond donors (Lipinski definition) is 2. The van der Waals surface area contributed by atoms with Crippen LogP contribution in [0.5, 0.6) is 5.88 Å². The van der Waals surface area contributed by atoms with E-state index in [0.717, 1.165) is 9.04 Å². The monoisotopic (exact) mass is 385 g/mol. The largest absolute Gasteiger partial charge is 0.493 e.